The lowest BCUT2D eigenvalue weighted by atomic mass is 10.2. The predicted molar refractivity (Wildman–Crippen MR) is 93.0 cm³/mol. The van der Waals surface area contributed by atoms with Crippen LogP contribution in [0.1, 0.15) is 36.7 Å². The number of hydrogen-bond donors (Lipinski definition) is 1. The lowest BCUT2D eigenvalue weighted by Gasteiger charge is -2.19. The van der Waals surface area contributed by atoms with Gasteiger partial charge in [-0.3, -0.25) is 4.79 Å². The van der Waals surface area contributed by atoms with E-state index in [9.17, 15) is 9.18 Å². The Hall–Kier alpha value is -2.47. The third-order valence-corrected chi connectivity index (χ3v) is 3.23. The van der Waals surface area contributed by atoms with E-state index in [2.05, 4.69) is 10.3 Å². The van der Waals surface area contributed by atoms with Gasteiger partial charge in [0.2, 0.25) is 5.88 Å². The smallest absolute Gasteiger partial charge is 0.253 e. The van der Waals surface area contributed by atoms with Crippen LogP contribution in [0.3, 0.4) is 0 Å². The van der Waals surface area contributed by atoms with Crippen molar-refractivity contribution >= 4 is 5.91 Å². The number of rotatable bonds is 7. The van der Waals surface area contributed by atoms with Crippen LogP contribution in [0, 0.1) is 5.82 Å². The second-order valence-electron chi connectivity index (χ2n) is 6.50. The van der Waals surface area contributed by atoms with Crippen molar-refractivity contribution in [2.45, 2.75) is 32.9 Å². The van der Waals surface area contributed by atoms with Gasteiger partial charge in [-0.1, -0.05) is 12.1 Å². The molecule has 0 aliphatic rings. The molecule has 0 saturated heterocycles. The number of carbonyl (C=O) groups is 1. The summed E-state index contributed by atoms with van der Waals surface area (Å²) >= 11 is 0. The Bertz CT molecular complexity index is 679. The lowest BCUT2D eigenvalue weighted by Crippen LogP contribution is -2.23. The van der Waals surface area contributed by atoms with E-state index in [0.29, 0.717) is 31.2 Å². The summed E-state index contributed by atoms with van der Waals surface area (Å²) in [6.07, 6.45) is 1.46. The molecule has 1 aromatic carbocycles. The highest BCUT2D eigenvalue weighted by Gasteiger charge is 2.10. The fourth-order valence-corrected chi connectivity index (χ4v) is 1.98. The van der Waals surface area contributed by atoms with Crippen LogP contribution >= 0.6 is 0 Å². The maximum absolute atomic E-state index is 12.8. The molecule has 1 N–H and O–H groups in total. The second-order valence-corrected chi connectivity index (χ2v) is 6.50. The van der Waals surface area contributed by atoms with Crippen molar-refractivity contribution in [3.63, 3.8) is 0 Å². The van der Waals surface area contributed by atoms with Crippen LogP contribution in [-0.2, 0) is 11.3 Å². The minimum atomic E-state index is -0.303. The number of carbonyl (C=O) groups excluding carboxylic acids is 1. The fourth-order valence-electron chi connectivity index (χ4n) is 1.98. The number of hydrogen-bond acceptors (Lipinski definition) is 4. The fraction of sp³-hybridized carbons (Fsp3) is 0.368. The van der Waals surface area contributed by atoms with Crippen LogP contribution in [0.25, 0.3) is 0 Å². The molecule has 0 aliphatic carbocycles. The van der Waals surface area contributed by atoms with Gasteiger partial charge >= 0.3 is 0 Å². The molecule has 25 heavy (non-hydrogen) atoms. The highest BCUT2D eigenvalue weighted by atomic mass is 19.1. The standard InChI is InChI=1S/C19H23FN2O3/c1-19(2,3)25-11-10-24-17-9-6-15(13-21-17)18(23)22-12-14-4-7-16(20)8-5-14/h4-9,13H,10-12H2,1-3H3,(H,22,23). The van der Waals surface area contributed by atoms with Crippen molar-refractivity contribution in [1.29, 1.82) is 0 Å². The van der Waals surface area contributed by atoms with Crippen LogP contribution in [0.15, 0.2) is 42.6 Å². The van der Waals surface area contributed by atoms with Gasteiger partial charge in [-0.2, -0.15) is 0 Å². The van der Waals surface area contributed by atoms with Crippen molar-refractivity contribution in [3.8, 4) is 5.88 Å². The van der Waals surface area contributed by atoms with Crippen molar-refractivity contribution in [2.75, 3.05) is 13.2 Å². The molecule has 0 saturated carbocycles. The number of benzene rings is 1. The third kappa shape index (κ3) is 6.89. The monoisotopic (exact) mass is 346 g/mol. The number of ether oxygens (including phenoxy) is 2. The van der Waals surface area contributed by atoms with E-state index in [1.807, 2.05) is 20.8 Å². The summed E-state index contributed by atoms with van der Waals surface area (Å²) in [5.41, 5.74) is 1.05. The summed E-state index contributed by atoms with van der Waals surface area (Å²) in [5, 5.41) is 2.76. The van der Waals surface area contributed by atoms with Crippen LogP contribution < -0.4 is 10.1 Å². The Morgan fingerprint density at radius 1 is 1.12 bits per heavy atom. The zero-order chi connectivity index (χ0) is 18.3. The Balaban J connectivity index is 1.78. The SMILES string of the molecule is CC(C)(C)OCCOc1ccc(C(=O)NCc2ccc(F)cc2)cn1. The molecule has 2 aromatic rings. The molecule has 0 aliphatic heterocycles. The second kappa shape index (κ2) is 8.58. The van der Waals surface area contributed by atoms with Gasteiger partial charge in [0.05, 0.1) is 17.8 Å². The van der Waals surface area contributed by atoms with Gasteiger partial charge in [-0.15, -0.1) is 0 Å². The molecular formula is C19H23FN2O3. The number of amides is 1. The Kier molecular flexibility index (Phi) is 6.47. The molecule has 0 bridgehead atoms. The molecule has 1 heterocycles. The van der Waals surface area contributed by atoms with Crippen molar-refractivity contribution in [3.05, 3.63) is 59.5 Å². The zero-order valence-corrected chi connectivity index (χ0v) is 14.7. The summed E-state index contributed by atoms with van der Waals surface area (Å²) < 4.78 is 23.9. The normalized spacial score (nSPS) is 11.2. The van der Waals surface area contributed by atoms with Gasteiger partial charge in [0, 0.05) is 18.8 Å². The van der Waals surface area contributed by atoms with Gasteiger partial charge in [-0.25, -0.2) is 9.37 Å². The topological polar surface area (TPSA) is 60.5 Å². The van der Waals surface area contributed by atoms with E-state index in [1.165, 1.54) is 18.3 Å². The van der Waals surface area contributed by atoms with Gasteiger partial charge in [-0.05, 0) is 44.5 Å². The van der Waals surface area contributed by atoms with Gasteiger partial charge in [0.15, 0.2) is 0 Å². The molecule has 134 valence electrons. The molecule has 1 aromatic heterocycles. The van der Waals surface area contributed by atoms with Gasteiger partial charge in [0.25, 0.3) is 5.91 Å². The summed E-state index contributed by atoms with van der Waals surface area (Å²) in [6.45, 7) is 7.10. The van der Waals surface area contributed by atoms with E-state index in [0.717, 1.165) is 5.56 Å². The average molecular weight is 346 g/mol. The predicted octanol–water partition coefficient (Wildman–Crippen LogP) is 3.34. The highest BCUT2D eigenvalue weighted by molar-refractivity contribution is 5.93. The molecular weight excluding hydrogens is 323 g/mol. The molecule has 2 rings (SSSR count). The minimum Gasteiger partial charge on any atom is -0.475 e. The Labute approximate surface area is 147 Å². The molecule has 0 fully saturated rings. The number of nitrogens with zero attached hydrogens (tertiary/aromatic N) is 1. The first-order valence-corrected chi connectivity index (χ1v) is 8.09. The van der Waals surface area contributed by atoms with Crippen molar-refractivity contribution < 1.29 is 18.7 Å². The van der Waals surface area contributed by atoms with Gasteiger partial charge < -0.3 is 14.8 Å². The van der Waals surface area contributed by atoms with Crippen LogP contribution in [0.2, 0.25) is 0 Å². The molecule has 1 amide bonds. The van der Waals surface area contributed by atoms with E-state index < -0.39 is 0 Å². The van der Waals surface area contributed by atoms with Crippen molar-refractivity contribution in [2.24, 2.45) is 0 Å². The van der Waals surface area contributed by atoms with Crippen LogP contribution in [-0.4, -0.2) is 29.7 Å². The molecule has 0 atom stereocenters. The largest absolute Gasteiger partial charge is 0.475 e. The summed E-state index contributed by atoms with van der Waals surface area (Å²) in [6, 6.07) is 9.27. The lowest BCUT2D eigenvalue weighted by molar-refractivity contribution is -0.0168. The quantitative estimate of drug-likeness (QED) is 0.781. The Morgan fingerprint density at radius 3 is 2.44 bits per heavy atom. The van der Waals surface area contributed by atoms with Crippen LogP contribution in [0.4, 0.5) is 4.39 Å². The molecule has 6 heteroatoms. The molecule has 0 unspecified atom stereocenters. The zero-order valence-electron chi connectivity index (χ0n) is 14.7. The van der Waals surface area contributed by atoms with E-state index >= 15 is 0 Å². The molecule has 0 spiro atoms. The van der Waals surface area contributed by atoms with E-state index in [4.69, 9.17) is 9.47 Å². The maximum atomic E-state index is 12.8. The first-order valence-electron chi connectivity index (χ1n) is 8.09. The Morgan fingerprint density at radius 2 is 1.84 bits per heavy atom. The number of aromatic nitrogens is 1. The van der Waals surface area contributed by atoms with Crippen molar-refractivity contribution in [1.82, 2.24) is 10.3 Å². The van der Waals surface area contributed by atoms with Gasteiger partial charge in [0.1, 0.15) is 12.4 Å². The van der Waals surface area contributed by atoms with Crippen LogP contribution in [0.5, 0.6) is 5.88 Å². The first-order chi connectivity index (χ1) is 11.8. The van der Waals surface area contributed by atoms with E-state index in [1.54, 1.807) is 24.3 Å². The number of pyridine rings is 1. The first kappa shape index (κ1) is 18.9. The minimum absolute atomic E-state index is 0.205. The summed E-state index contributed by atoms with van der Waals surface area (Å²) in [7, 11) is 0. The van der Waals surface area contributed by atoms with E-state index in [-0.39, 0.29) is 17.3 Å². The number of halogens is 1. The highest BCUT2D eigenvalue weighted by Crippen LogP contribution is 2.10. The molecule has 5 nitrogen and oxygen atoms in total. The molecule has 0 radical (unpaired) electrons. The third-order valence-electron chi connectivity index (χ3n) is 3.23. The average Bonchev–Trinajstić information content (AvgIpc) is 2.58. The maximum Gasteiger partial charge on any atom is 0.253 e. The summed E-state index contributed by atoms with van der Waals surface area (Å²) in [5.74, 6) is -0.116. The summed E-state index contributed by atoms with van der Waals surface area (Å²) in [4.78, 5) is 16.2. The number of nitrogens with one attached hydrogen (secondary N) is 1.